The van der Waals surface area contributed by atoms with E-state index >= 15 is 0 Å². The standard InChI is InChI=1S/C14H16F3NO2/c1-12(20)7-2-8-13(18,11(12)19)9-3-5-10(6-4-9)14(15,16)17/h3-6,20H,2,7-8,18H2,1H3/t12-,13+/m0/s1. The molecule has 1 fully saturated rings. The van der Waals surface area contributed by atoms with Crippen LogP contribution in [0.4, 0.5) is 13.2 Å². The molecule has 0 unspecified atom stereocenters. The van der Waals surface area contributed by atoms with Crippen molar-refractivity contribution in [1.82, 2.24) is 0 Å². The van der Waals surface area contributed by atoms with Crippen LogP contribution in [0.3, 0.4) is 0 Å². The molecule has 3 nitrogen and oxygen atoms in total. The monoisotopic (exact) mass is 287 g/mol. The minimum Gasteiger partial charge on any atom is -0.382 e. The highest BCUT2D eigenvalue weighted by Gasteiger charge is 2.48. The van der Waals surface area contributed by atoms with E-state index in [2.05, 4.69) is 0 Å². The molecule has 6 heteroatoms. The molecule has 1 saturated carbocycles. The van der Waals surface area contributed by atoms with Crippen LogP contribution in [0.25, 0.3) is 0 Å². The lowest BCUT2D eigenvalue weighted by molar-refractivity contribution is -0.146. The molecular weight excluding hydrogens is 271 g/mol. The SMILES string of the molecule is C[C@]1(O)CCC[C@@](N)(c2ccc(C(F)(F)F)cc2)C1=O. The third-order valence-electron chi connectivity index (χ3n) is 3.86. The Morgan fingerprint density at radius 2 is 1.75 bits per heavy atom. The minimum atomic E-state index is -4.43. The number of hydrogen-bond donors (Lipinski definition) is 2. The smallest absolute Gasteiger partial charge is 0.382 e. The molecular formula is C14H16F3NO2. The zero-order valence-electron chi connectivity index (χ0n) is 11.0. The molecule has 2 atom stereocenters. The Morgan fingerprint density at radius 1 is 1.20 bits per heavy atom. The molecule has 0 radical (unpaired) electrons. The summed E-state index contributed by atoms with van der Waals surface area (Å²) in [4.78, 5) is 12.3. The summed E-state index contributed by atoms with van der Waals surface area (Å²) in [5, 5.41) is 10.0. The van der Waals surface area contributed by atoms with Crippen LogP contribution in [0.2, 0.25) is 0 Å². The van der Waals surface area contributed by atoms with Crippen molar-refractivity contribution in [2.75, 3.05) is 0 Å². The number of aliphatic hydroxyl groups is 1. The average Bonchev–Trinajstić information content (AvgIpc) is 2.35. The van der Waals surface area contributed by atoms with Crippen molar-refractivity contribution in [2.45, 2.75) is 43.5 Å². The van der Waals surface area contributed by atoms with Crippen molar-refractivity contribution < 1.29 is 23.1 Å². The van der Waals surface area contributed by atoms with Crippen LogP contribution in [0, 0.1) is 0 Å². The highest BCUT2D eigenvalue weighted by Crippen LogP contribution is 2.38. The second-order valence-corrected chi connectivity index (χ2v) is 5.50. The van der Waals surface area contributed by atoms with Crippen molar-refractivity contribution in [3.05, 3.63) is 35.4 Å². The molecule has 0 saturated heterocycles. The zero-order chi connectivity index (χ0) is 15.2. The second-order valence-electron chi connectivity index (χ2n) is 5.50. The maximum Gasteiger partial charge on any atom is 0.416 e. The van der Waals surface area contributed by atoms with E-state index < -0.39 is 28.7 Å². The summed E-state index contributed by atoms with van der Waals surface area (Å²) in [6.07, 6.45) is -3.27. The van der Waals surface area contributed by atoms with E-state index in [1.54, 1.807) is 0 Å². The van der Waals surface area contributed by atoms with Crippen molar-refractivity contribution in [3.8, 4) is 0 Å². The van der Waals surface area contributed by atoms with Gasteiger partial charge in [-0.25, -0.2) is 0 Å². The summed E-state index contributed by atoms with van der Waals surface area (Å²) in [6.45, 7) is 1.39. The largest absolute Gasteiger partial charge is 0.416 e. The van der Waals surface area contributed by atoms with Gasteiger partial charge in [0.15, 0.2) is 5.78 Å². The third kappa shape index (κ3) is 2.45. The maximum atomic E-state index is 12.5. The Morgan fingerprint density at radius 3 is 2.25 bits per heavy atom. The Labute approximate surface area is 114 Å². The Kier molecular flexibility index (Phi) is 3.42. The molecule has 0 spiro atoms. The first-order chi connectivity index (χ1) is 9.07. The normalized spacial score (nSPS) is 31.4. The van der Waals surface area contributed by atoms with Gasteiger partial charge in [0.2, 0.25) is 0 Å². The molecule has 2 rings (SSSR count). The number of halogens is 3. The first kappa shape index (κ1) is 15.0. The number of alkyl halides is 3. The predicted octanol–water partition coefficient (Wildman–Crippen LogP) is 2.36. The lowest BCUT2D eigenvalue weighted by Gasteiger charge is -2.40. The first-order valence-corrected chi connectivity index (χ1v) is 6.31. The zero-order valence-corrected chi connectivity index (χ0v) is 11.0. The Bertz CT molecular complexity index is 522. The fraction of sp³-hybridized carbons (Fsp3) is 0.500. The number of hydrogen-bond acceptors (Lipinski definition) is 3. The molecule has 0 amide bonds. The van der Waals surface area contributed by atoms with Crippen molar-refractivity contribution in [3.63, 3.8) is 0 Å². The van der Waals surface area contributed by atoms with Crippen LogP contribution < -0.4 is 5.73 Å². The lowest BCUT2D eigenvalue weighted by atomic mass is 9.70. The van der Waals surface area contributed by atoms with Crippen LogP contribution in [0.5, 0.6) is 0 Å². The van der Waals surface area contributed by atoms with E-state index in [0.717, 1.165) is 12.1 Å². The number of carbonyl (C=O) groups excluding carboxylic acids is 1. The molecule has 3 N–H and O–H groups in total. The molecule has 0 heterocycles. The van der Waals surface area contributed by atoms with E-state index in [9.17, 15) is 23.1 Å². The predicted molar refractivity (Wildman–Crippen MR) is 66.8 cm³/mol. The molecule has 0 bridgehead atoms. The van der Waals surface area contributed by atoms with Crippen molar-refractivity contribution in [2.24, 2.45) is 5.73 Å². The molecule has 0 aromatic heterocycles. The van der Waals surface area contributed by atoms with Gasteiger partial charge in [-0.05, 0) is 43.9 Å². The van der Waals surface area contributed by atoms with E-state index in [1.807, 2.05) is 0 Å². The number of Topliss-reactive ketones (excluding diaryl/α,β-unsaturated/α-hetero) is 1. The first-order valence-electron chi connectivity index (χ1n) is 6.31. The fourth-order valence-corrected chi connectivity index (χ4v) is 2.65. The van der Waals surface area contributed by atoms with Gasteiger partial charge in [-0.2, -0.15) is 13.2 Å². The molecule has 1 aliphatic carbocycles. The summed E-state index contributed by atoms with van der Waals surface area (Å²) >= 11 is 0. The Hall–Kier alpha value is -1.40. The van der Waals surface area contributed by atoms with E-state index in [-0.39, 0.29) is 0 Å². The molecule has 1 aromatic carbocycles. The van der Waals surface area contributed by atoms with Gasteiger partial charge in [-0.15, -0.1) is 0 Å². The number of benzene rings is 1. The van der Waals surface area contributed by atoms with Gasteiger partial charge in [0.1, 0.15) is 11.1 Å². The highest BCUT2D eigenvalue weighted by atomic mass is 19.4. The van der Waals surface area contributed by atoms with Crippen LogP contribution in [0.15, 0.2) is 24.3 Å². The van der Waals surface area contributed by atoms with Crippen molar-refractivity contribution >= 4 is 5.78 Å². The van der Waals surface area contributed by atoms with Gasteiger partial charge in [0, 0.05) is 0 Å². The Balaban J connectivity index is 2.37. The molecule has 20 heavy (non-hydrogen) atoms. The van der Waals surface area contributed by atoms with Gasteiger partial charge in [0.05, 0.1) is 5.56 Å². The van der Waals surface area contributed by atoms with Crippen LogP contribution in [0.1, 0.15) is 37.3 Å². The van der Waals surface area contributed by atoms with Crippen LogP contribution in [-0.4, -0.2) is 16.5 Å². The number of nitrogens with two attached hydrogens (primary N) is 1. The topological polar surface area (TPSA) is 63.3 Å². The van der Waals surface area contributed by atoms with Crippen molar-refractivity contribution in [1.29, 1.82) is 0 Å². The lowest BCUT2D eigenvalue weighted by Crippen LogP contribution is -2.57. The highest BCUT2D eigenvalue weighted by molar-refractivity contribution is 5.96. The summed E-state index contributed by atoms with van der Waals surface area (Å²) in [6, 6.07) is 4.23. The molecule has 1 aliphatic rings. The van der Waals surface area contributed by atoms with Gasteiger partial charge in [-0.1, -0.05) is 12.1 Å². The van der Waals surface area contributed by atoms with Gasteiger partial charge in [-0.3, -0.25) is 4.79 Å². The number of ketones is 1. The van der Waals surface area contributed by atoms with Crippen LogP contribution >= 0.6 is 0 Å². The minimum absolute atomic E-state index is 0.301. The van der Waals surface area contributed by atoms with E-state index in [4.69, 9.17) is 5.73 Å². The number of carbonyl (C=O) groups is 1. The summed E-state index contributed by atoms with van der Waals surface area (Å²) in [7, 11) is 0. The number of rotatable bonds is 1. The summed E-state index contributed by atoms with van der Waals surface area (Å²) in [5.41, 5.74) is 2.62. The van der Waals surface area contributed by atoms with Crippen LogP contribution in [-0.2, 0) is 16.5 Å². The second kappa shape index (κ2) is 4.56. The summed E-state index contributed by atoms with van der Waals surface area (Å²) in [5.74, 6) is -0.545. The quantitative estimate of drug-likeness (QED) is 0.833. The maximum absolute atomic E-state index is 12.5. The van der Waals surface area contributed by atoms with E-state index in [0.29, 0.717) is 24.8 Å². The average molecular weight is 287 g/mol. The summed E-state index contributed by atoms with van der Waals surface area (Å²) < 4.78 is 37.6. The molecule has 0 aliphatic heterocycles. The van der Waals surface area contributed by atoms with E-state index in [1.165, 1.54) is 19.1 Å². The van der Waals surface area contributed by atoms with Gasteiger partial charge in [0.25, 0.3) is 0 Å². The third-order valence-corrected chi connectivity index (χ3v) is 3.86. The van der Waals surface area contributed by atoms with Gasteiger partial charge >= 0.3 is 6.18 Å². The molecule has 110 valence electrons. The van der Waals surface area contributed by atoms with Gasteiger partial charge < -0.3 is 10.8 Å². The molecule has 1 aromatic rings. The fourth-order valence-electron chi connectivity index (χ4n) is 2.65.